The molecular formula is C29H35N3O2. The molecule has 2 N–H and O–H groups in total. The molecule has 3 aromatic rings. The molecule has 0 aromatic heterocycles. The van der Waals surface area contributed by atoms with Crippen molar-refractivity contribution in [2.24, 2.45) is 0 Å². The first-order valence-electron chi connectivity index (χ1n) is 12.0. The summed E-state index contributed by atoms with van der Waals surface area (Å²) in [4.78, 5) is 27.7. The zero-order chi connectivity index (χ0) is 24.3. The van der Waals surface area contributed by atoms with Gasteiger partial charge in [0.1, 0.15) is 0 Å². The number of unbranched alkanes of at least 4 members (excludes halogenated alkanes) is 3. The Bertz CT molecular complexity index is 1080. The van der Waals surface area contributed by atoms with Gasteiger partial charge in [0.25, 0.3) is 11.8 Å². The number of anilines is 2. The highest BCUT2D eigenvalue weighted by Crippen LogP contribution is 2.24. The Morgan fingerprint density at radius 2 is 1.53 bits per heavy atom. The number of hydrogen-bond acceptors (Lipinski definition) is 3. The maximum Gasteiger partial charge on any atom is 0.255 e. The molecule has 0 spiro atoms. The minimum atomic E-state index is -0.189. The fourth-order valence-corrected chi connectivity index (χ4v) is 3.84. The Balaban J connectivity index is 1.67. The van der Waals surface area contributed by atoms with Gasteiger partial charge in [-0.15, -0.1) is 0 Å². The van der Waals surface area contributed by atoms with Gasteiger partial charge in [-0.1, -0.05) is 68.7 Å². The third-order valence-corrected chi connectivity index (χ3v) is 5.81. The molecule has 3 aromatic carbocycles. The first kappa shape index (κ1) is 25.0. The zero-order valence-electron chi connectivity index (χ0n) is 20.4. The second-order valence-electron chi connectivity index (χ2n) is 8.76. The summed E-state index contributed by atoms with van der Waals surface area (Å²) in [6.45, 7) is 2.65. The minimum absolute atomic E-state index is 0.184. The number of rotatable bonds is 11. The van der Waals surface area contributed by atoms with Gasteiger partial charge in [-0.25, -0.2) is 0 Å². The van der Waals surface area contributed by atoms with Gasteiger partial charge in [-0.3, -0.25) is 9.59 Å². The standard InChI is InChI=1S/C29H35N3O2/c1-4-5-6-8-11-22-14-16-24(17-15-22)28(33)31-25-18-19-27(32(2)3)26(20-25)29(34)30-21-23-12-9-7-10-13-23/h7,9-10,12-20H,4-6,8,11,21H2,1-3H3,(H,30,34)(H,31,33). The fraction of sp³-hybridized carbons (Fsp3) is 0.310. The number of amides is 2. The Hall–Kier alpha value is -3.60. The van der Waals surface area contributed by atoms with Crippen molar-refractivity contribution in [1.29, 1.82) is 0 Å². The van der Waals surface area contributed by atoms with Gasteiger partial charge in [0.05, 0.1) is 5.56 Å². The van der Waals surface area contributed by atoms with Crippen LogP contribution in [0.4, 0.5) is 11.4 Å². The molecule has 5 nitrogen and oxygen atoms in total. The molecular weight excluding hydrogens is 422 g/mol. The molecule has 0 radical (unpaired) electrons. The van der Waals surface area contributed by atoms with Crippen molar-refractivity contribution in [3.05, 3.63) is 95.1 Å². The summed E-state index contributed by atoms with van der Waals surface area (Å²) < 4.78 is 0. The zero-order valence-corrected chi connectivity index (χ0v) is 20.4. The normalized spacial score (nSPS) is 10.6. The van der Waals surface area contributed by atoms with Crippen LogP contribution in [0.15, 0.2) is 72.8 Å². The number of aryl methyl sites for hydroxylation is 1. The van der Waals surface area contributed by atoms with E-state index < -0.39 is 0 Å². The van der Waals surface area contributed by atoms with Gasteiger partial charge in [0.2, 0.25) is 0 Å². The summed E-state index contributed by atoms with van der Waals surface area (Å²) in [6, 6.07) is 23.0. The maximum absolute atomic E-state index is 13.0. The molecule has 0 saturated carbocycles. The lowest BCUT2D eigenvalue weighted by molar-refractivity contribution is 0.0950. The molecule has 34 heavy (non-hydrogen) atoms. The lowest BCUT2D eigenvalue weighted by atomic mass is 10.0. The molecule has 5 heteroatoms. The van der Waals surface area contributed by atoms with Gasteiger partial charge in [0.15, 0.2) is 0 Å². The van der Waals surface area contributed by atoms with Crippen LogP contribution in [-0.2, 0) is 13.0 Å². The largest absolute Gasteiger partial charge is 0.377 e. The van der Waals surface area contributed by atoms with Crippen LogP contribution in [0.1, 0.15) is 64.4 Å². The molecule has 0 heterocycles. The molecule has 178 valence electrons. The van der Waals surface area contributed by atoms with E-state index in [4.69, 9.17) is 0 Å². The average molecular weight is 458 g/mol. The third kappa shape index (κ3) is 7.20. The summed E-state index contributed by atoms with van der Waals surface area (Å²) in [6.07, 6.45) is 5.94. The van der Waals surface area contributed by atoms with Crippen LogP contribution in [0, 0.1) is 0 Å². The van der Waals surface area contributed by atoms with E-state index in [9.17, 15) is 9.59 Å². The monoisotopic (exact) mass is 457 g/mol. The minimum Gasteiger partial charge on any atom is -0.377 e. The summed E-state index contributed by atoms with van der Waals surface area (Å²) in [5.74, 6) is -0.373. The van der Waals surface area contributed by atoms with Crippen molar-refractivity contribution in [1.82, 2.24) is 5.32 Å². The highest BCUT2D eigenvalue weighted by Gasteiger charge is 2.15. The van der Waals surface area contributed by atoms with E-state index >= 15 is 0 Å². The van der Waals surface area contributed by atoms with Crippen LogP contribution in [0.2, 0.25) is 0 Å². The van der Waals surface area contributed by atoms with E-state index in [1.807, 2.05) is 85.7 Å². The Labute approximate surface area is 203 Å². The second-order valence-corrected chi connectivity index (χ2v) is 8.76. The predicted octanol–water partition coefficient (Wildman–Crippen LogP) is 6.06. The number of nitrogens with zero attached hydrogens (tertiary/aromatic N) is 1. The summed E-state index contributed by atoms with van der Waals surface area (Å²) >= 11 is 0. The van der Waals surface area contributed by atoms with E-state index in [1.165, 1.54) is 31.2 Å². The quantitative estimate of drug-likeness (QED) is 0.344. The van der Waals surface area contributed by atoms with Gasteiger partial charge >= 0.3 is 0 Å². The summed E-state index contributed by atoms with van der Waals surface area (Å²) in [5.41, 5.74) is 4.77. The molecule has 0 aliphatic heterocycles. The molecule has 0 aliphatic rings. The Morgan fingerprint density at radius 1 is 0.794 bits per heavy atom. The van der Waals surface area contributed by atoms with E-state index in [0.29, 0.717) is 23.4 Å². The van der Waals surface area contributed by atoms with Crippen LogP contribution in [0.5, 0.6) is 0 Å². The first-order chi connectivity index (χ1) is 16.5. The smallest absolute Gasteiger partial charge is 0.255 e. The van der Waals surface area contributed by atoms with Crippen molar-refractivity contribution < 1.29 is 9.59 Å². The Morgan fingerprint density at radius 3 is 2.21 bits per heavy atom. The molecule has 0 bridgehead atoms. The molecule has 2 amide bonds. The van der Waals surface area contributed by atoms with E-state index in [1.54, 1.807) is 6.07 Å². The van der Waals surface area contributed by atoms with Gasteiger partial charge in [0, 0.05) is 37.6 Å². The van der Waals surface area contributed by atoms with Crippen LogP contribution in [-0.4, -0.2) is 25.9 Å². The first-order valence-corrected chi connectivity index (χ1v) is 12.0. The van der Waals surface area contributed by atoms with Gasteiger partial charge < -0.3 is 15.5 Å². The lowest BCUT2D eigenvalue weighted by Crippen LogP contribution is -2.25. The van der Waals surface area contributed by atoms with Crippen molar-refractivity contribution >= 4 is 23.2 Å². The number of nitrogens with one attached hydrogen (secondary N) is 2. The van der Waals surface area contributed by atoms with Crippen molar-refractivity contribution in [2.45, 2.75) is 45.6 Å². The van der Waals surface area contributed by atoms with Crippen LogP contribution < -0.4 is 15.5 Å². The van der Waals surface area contributed by atoms with E-state index in [0.717, 1.165) is 17.7 Å². The highest BCUT2D eigenvalue weighted by atomic mass is 16.2. The predicted molar refractivity (Wildman–Crippen MR) is 141 cm³/mol. The maximum atomic E-state index is 13.0. The number of carbonyl (C=O) groups is 2. The fourth-order valence-electron chi connectivity index (χ4n) is 3.84. The van der Waals surface area contributed by atoms with Crippen molar-refractivity contribution in [3.63, 3.8) is 0 Å². The summed E-state index contributed by atoms with van der Waals surface area (Å²) in [5, 5.41) is 5.91. The molecule has 0 saturated heterocycles. The number of hydrogen-bond donors (Lipinski definition) is 2. The van der Waals surface area contributed by atoms with E-state index in [2.05, 4.69) is 17.6 Å². The molecule has 3 rings (SSSR count). The number of carbonyl (C=O) groups excluding carboxylic acids is 2. The van der Waals surface area contributed by atoms with Crippen molar-refractivity contribution in [3.8, 4) is 0 Å². The van der Waals surface area contributed by atoms with Crippen LogP contribution in [0.25, 0.3) is 0 Å². The van der Waals surface area contributed by atoms with Gasteiger partial charge in [-0.2, -0.15) is 0 Å². The third-order valence-electron chi connectivity index (χ3n) is 5.81. The van der Waals surface area contributed by atoms with Crippen molar-refractivity contribution in [2.75, 3.05) is 24.3 Å². The van der Waals surface area contributed by atoms with Gasteiger partial charge in [-0.05, 0) is 54.3 Å². The summed E-state index contributed by atoms with van der Waals surface area (Å²) in [7, 11) is 3.79. The van der Waals surface area contributed by atoms with E-state index in [-0.39, 0.29) is 11.8 Å². The Kier molecular flexibility index (Phi) is 9.27. The molecule has 0 fully saturated rings. The highest BCUT2D eigenvalue weighted by molar-refractivity contribution is 6.06. The average Bonchev–Trinajstić information content (AvgIpc) is 2.86. The molecule has 0 unspecified atom stereocenters. The lowest BCUT2D eigenvalue weighted by Gasteiger charge is -2.18. The number of benzene rings is 3. The molecule has 0 aliphatic carbocycles. The molecule has 0 atom stereocenters. The topological polar surface area (TPSA) is 61.4 Å². The van der Waals surface area contributed by atoms with Crippen LogP contribution in [0.3, 0.4) is 0 Å². The second kappa shape index (κ2) is 12.6. The SMILES string of the molecule is CCCCCCc1ccc(C(=O)Nc2ccc(N(C)C)c(C(=O)NCc3ccccc3)c2)cc1. The van der Waals surface area contributed by atoms with Crippen LogP contribution >= 0.6 is 0 Å².